The van der Waals surface area contributed by atoms with Crippen LogP contribution in [-0.4, -0.2) is 25.5 Å². The molecule has 0 saturated carbocycles. The number of carbonyl (C=O) groups is 1. The van der Waals surface area contributed by atoms with Gasteiger partial charge in [0.05, 0.1) is 6.54 Å². The van der Waals surface area contributed by atoms with Crippen LogP contribution in [0.3, 0.4) is 0 Å². The lowest BCUT2D eigenvalue weighted by atomic mass is 10.1. The molecule has 0 aromatic rings. The van der Waals surface area contributed by atoms with Crippen LogP contribution in [0.15, 0.2) is 0 Å². The van der Waals surface area contributed by atoms with Crippen molar-refractivity contribution in [1.82, 2.24) is 10.6 Å². The minimum atomic E-state index is 0.111. The summed E-state index contributed by atoms with van der Waals surface area (Å²) in [6.45, 7) is 10.8. The number of hydrogen-bond donors (Lipinski definition) is 2. The van der Waals surface area contributed by atoms with Gasteiger partial charge in [0.2, 0.25) is 5.91 Å². The van der Waals surface area contributed by atoms with E-state index in [9.17, 15) is 4.79 Å². The molecule has 0 saturated heterocycles. The molecule has 0 aromatic heterocycles. The molecule has 0 bridgehead atoms. The summed E-state index contributed by atoms with van der Waals surface area (Å²) in [6.07, 6.45) is 2.26. The monoisotopic (exact) mass is 214 g/mol. The fourth-order valence-electron chi connectivity index (χ4n) is 1.27. The zero-order valence-corrected chi connectivity index (χ0v) is 10.6. The van der Waals surface area contributed by atoms with Gasteiger partial charge in [-0.2, -0.15) is 0 Å². The van der Waals surface area contributed by atoms with E-state index in [1.807, 2.05) is 0 Å². The van der Waals surface area contributed by atoms with E-state index in [2.05, 4.69) is 38.3 Å². The Balaban J connectivity index is 3.26. The molecule has 90 valence electrons. The molecule has 0 aliphatic heterocycles. The molecule has 0 unspecified atom stereocenters. The van der Waals surface area contributed by atoms with Gasteiger partial charge in [-0.15, -0.1) is 0 Å². The minimum absolute atomic E-state index is 0.111. The summed E-state index contributed by atoms with van der Waals surface area (Å²) in [5, 5.41) is 6.03. The van der Waals surface area contributed by atoms with Crippen molar-refractivity contribution in [2.75, 3.05) is 19.6 Å². The van der Waals surface area contributed by atoms with Gasteiger partial charge in [-0.25, -0.2) is 0 Å². The van der Waals surface area contributed by atoms with Gasteiger partial charge in [0.25, 0.3) is 0 Å². The molecule has 0 fully saturated rings. The highest BCUT2D eigenvalue weighted by Crippen LogP contribution is 2.01. The Morgan fingerprint density at radius 3 is 2.33 bits per heavy atom. The van der Waals surface area contributed by atoms with Crippen LogP contribution in [0.1, 0.15) is 40.5 Å². The third-order valence-corrected chi connectivity index (χ3v) is 2.12. The number of rotatable bonds is 8. The smallest absolute Gasteiger partial charge is 0.233 e. The largest absolute Gasteiger partial charge is 0.355 e. The van der Waals surface area contributed by atoms with E-state index < -0.39 is 0 Å². The first-order valence-corrected chi connectivity index (χ1v) is 5.99. The maximum absolute atomic E-state index is 11.3. The third-order valence-electron chi connectivity index (χ3n) is 2.12. The molecule has 0 spiro atoms. The van der Waals surface area contributed by atoms with Crippen molar-refractivity contribution in [3.63, 3.8) is 0 Å². The normalized spacial score (nSPS) is 11.1. The average Bonchev–Trinajstić information content (AvgIpc) is 2.11. The predicted octanol–water partition coefficient (Wildman–Crippen LogP) is 1.78. The van der Waals surface area contributed by atoms with Crippen LogP contribution < -0.4 is 10.6 Å². The standard InChI is InChI=1S/C12H26N2O/c1-10(2)6-5-7-14-12(15)9-13-8-11(3)4/h10-11,13H,5-9H2,1-4H3,(H,14,15). The van der Waals surface area contributed by atoms with Crippen molar-refractivity contribution in [1.29, 1.82) is 0 Å². The molecule has 0 aromatic carbocycles. The zero-order valence-electron chi connectivity index (χ0n) is 10.6. The second-order valence-electron chi connectivity index (χ2n) is 4.91. The fourth-order valence-corrected chi connectivity index (χ4v) is 1.27. The van der Waals surface area contributed by atoms with E-state index >= 15 is 0 Å². The van der Waals surface area contributed by atoms with Gasteiger partial charge in [0.15, 0.2) is 0 Å². The first-order valence-electron chi connectivity index (χ1n) is 5.99. The SMILES string of the molecule is CC(C)CCCNC(=O)CNCC(C)C. The van der Waals surface area contributed by atoms with Gasteiger partial charge < -0.3 is 10.6 Å². The summed E-state index contributed by atoms with van der Waals surface area (Å²) in [4.78, 5) is 11.3. The average molecular weight is 214 g/mol. The molecule has 15 heavy (non-hydrogen) atoms. The lowest BCUT2D eigenvalue weighted by Crippen LogP contribution is -2.35. The van der Waals surface area contributed by atoms with Gasteiger partial charge in [0.1, 0.15) is 0 Å². The first-order chi connectivity index (χ1) is 7.02. The predicted molar refractivity (Wildman–Crippen MR) is 64.8 cm³/mol. The topological polar surface area (TPSA) is 41.1 Å². The maximum Gasteiger partial charge on any atom is 0.233 e. The van der Waals surface area contributed by atoms with Crippen LogP contribution in [-0.2, 0) is 4.79 Å². The Kier molecular flexibility index (Phi) is 8.38. The van der Waals surface area contributed by atoms with Crippen LogP contribution in [0, 0.1) is 11.8 Å². The van der Waals surface area contributed by atoms with E-state index in [-0.39, 0.29) is 5.91 Å². The Bertz CT molecular complexity index is 167. The quantitative estimate of drug-likeness (QED) is 0.605. The Hall–Kier alpha value is -0.570. The summed E-state index contributed by atoms with van der Waals surface area (Å²) >= 11 is 0. The van der Waals surface area contributed by atoms with Crippen LogP contribution in [0.25, 0.3) is 0 Å². The Labute approximate surface area is 94.0 Å². The van der Waals surface area contributed by atoms with Crippen molar-refractivity contribution in [3.8, 4) is 0 Å². The third kappa shape index (κ3) is 11.4. The molecule has 2 N–H and O–H groups in total. The van der Waals surface area contributed by atoms with Crippen LogP contribution >= 0.6 is 0 Å². The summed E-state index contributed by atoms with van der Waals surface area (Å²) in [5.41, 5.74) is 0. The molecule has 0 radical (unpaired) electrons. The van der Waals surface area contributed by atoms with E-state index in [1.54, 1.807) is 0 Å². The summed E-state index contributed by atoms with van der Waals surface area (Å²) in [6, 6.07) is 0. The van der Waals surface area contributed by atoms with Gasteiger partial charge in [0, 0.05) is 6.54 Å². The molecular weight excluding hydrogens is 188 g/mol. The highest BCUT2D eigenvalue weighted by Gasteiger charge is 2.01. The molecule has 0 atom stereocenters. The molecule has 3 heteroatoms. The van der Waals surface area contributed by atoms with E-state index in [0.29, 0.717) is 12.5 Å². The molecule has 3 nitrogen and oxygen atoms in total. The van der Waals surface area contributed by atoms with Crippen molar-refractivity contribution < 1.29 is 4.79 Å². The summed E-state index contributed by atoms with van der Waals surface area (Å²) in [5.74, 6) is 1.43. The van der Waals surface area contributed by atoms with Crippen molar-refractivity contribution >= 4 is 5.91 Å². The van der Waals surface area contributed by atoms with Crippen molar-refractivity contribution in [3.05, 3.63) is 0 Å². The van der Waals surface area contributed by atoms with E-state index in [1.165, 1.54) is 6.42 Å². The second kappa shape index (κ2) is 8.72. The summed E-state index contributed by atoms with van der Waals surface area (Å²) < 4.78 is 0. The van der Waals surface area contributed by atoms with Gasteiger partial charge in [-0.1, -0.05) is 27.7 Å². The molecule has 1 amide bonds. The molecule has 0 rings (SSSR count). The molecular formula is C12H26N2O. The Morgan fingerprint density at radius 1 is 1.13 bits per heavy atom. The fraction of sp³-hybridized carbons (Fsp3) is 0.917. The van der Waals surface area contributed by atoms with Gasteiger partial charge >= 0.3 is 0 Å². The highest BCUT2D eigenvalue weighted by atomic mass is 16.1. The van der Waals surface area contributed by atoms with Gasteiger partial charge in [-0.05, 0) is 31.2 Å². The van der Waals surface area contributed by atoms with Crippen LogP contribution in [0.5, 0.6) is 0 Å². The lowest BCUT2D eigenvalue weighted by Gasteiger charge is -2.09. The number of carbonyl (C=O) groups excluding carboxylic acids is 1. The van der Waals surface area contributed by atoms with Crippen LogP contribution in [0.4, 0.5) is 0 Å². The lowest BCUT2D eigenvalue weighted by molar-refractivity contribution is -0.120. The molecule has 0 heterocycles. The van der Waals surface area contributed by atoms with Crippen molar-refractivity contribution in [2.45, 2.75) is 40.5 Å². The van der Waals surface area contributed by atoms with E-state index in [4.69, 9.17) is 0 Å². The van der Waals surface area contributed by atoms with Crippen LogP contribution in [0.2, 0.25) is 0 Å². The number of amides is 1. The molecule has 0 aliphatic carbocycles. The van der Waals surface area contributed by atoms with Crippen molar-refractivity contribution in [2.24, 2.45) is 11.8 Å². The second-order valence-corrected chi connectivity index (χ2v) is 4.91. The Morgan fingerprint density at radius 2 is 1.80 bits per heavy atom. The van der Waals surface area contributed by atoms with Gasteiger partial charge in [-0.3, -0.25) is 4.79 Å². The molecule has 0 aliphatic rings. The minimum Gasteiger partial charge on any atom is -0.355 e. The number of nitrogens with one attached hydrogen (secondary N) is 2. The van der Waals surface area contributed by atoms with E-state index in [0.717, 1.165) is 25.4 Å². The first kappa shape index (κ1) is 14.4. The highest BCUT2D eigenvalue weighted by molar-refractivity contribution is 5.77. The zero-order chi connectivity index (χ0) is 11.7. The summed E-state index contributed by atoms with van der Waals surface area (Å²) in [7, 11) is 0. The number of hydrogen-bond acceptors (Lipinski definition) is 2. The maximum atomic E-state index is 11.3.